The van der Waals surface area contributed by atoms with Crippen molar-refractivity contribution >= 4 is 0 Å². The molecule has 2 aliphatic carbocycles. The summed E-state index contributed by atoms with van der Waals surface area (Å²) in [7, 11) is 0. The molecule has 0 radical (unpaired) electrons. The lowest BCUT2D eigenvalue weighted by atomic mass is 9.78. The van der Waals surface area contributed by atoms with Gasteiger partial charge < -0.3 is 4.74 Å². The molecule has 0 amide bonds. The summed E-state index contributed by atoms with van der Waals surface area (Å²) in [6.45, 7) is 3.23. The van der Waals surface area contributed by atoms with E-state index in [4.69, 9.17) is 10.00 Å². The highest BCUT2D eigenvalue weighted by molar-refractivity contribution is 5.26. The molecule has 2 heteroatoms. The van der Waals surface area contributed by atoms with Crippen LogP contribution in [0.1, 0.15) is 94.6 Å². The smallest absolute Gasteiger partial charge is 0.0912 e. The fourth-order valence-electron chi connectivity index (χ4n) is 5.24. The van der Waals surface area contributed by atoms with Gasteiger partial charge in [-0.2, -0.15) is 5.26 Å². The Hall–Kier alpha value is -1.85. The molecule has 0 saturated heterocycles. The summed E-state index contributed by atoms with van der Waals surface area (Å²) in [4.78, 5) is 0. The van der Waals surface area contributed by atoms with Gasteiger partial charge in [0.1, 0.15) is 0 Å². The molecule has 0 heterocycles. The molecule has 2 nitrogen and oxygen atoms in total. The van der Waals surface area contributed by atoms with Crippen LogP contribution in [0.5, 0.6) is 0 Å². The van der Waals surface area contributed by atoms with Crippen molar-refractivity contribution in [3.63, 3.8) is 0 Å². The molecule has 0 spiro atoms. The highest BCUT2D eigenvalue weighted by Gasteiger charge is 2.25. The van der Waals surface area contributed by atoms with Crippen LogP contribution in [-0.4, -0.2) is 12.7 Å². The van der Waals surface area contributed by atoms with Gasteiger partial charge in [0, 0.05) is 12.7 Å². The van der Waals surface area contributed by atoms with Gasteiger partial charge in [0.2, 0.25) is 0 Å². The maximum absolute atomic E-state index is 8.53. The summed E-state index contributed by atoms with van der Waals surface area (Å²) in [5.74, 6) is 2.15. The molecule has 0 N–H and O–H groups in total. The maximum Gasteiger partial charge on any atom is 0.0912 e. The Balaban J connectivity index is 1.31. The van der Waals surface area contributed by atoms with Crippen molar-refractivity contribution in [3.8, 4) is 6.07 Å². The Morgan fingerprint density at radius 1 is 0.935 bits per heavy atom. The molecule has 0 bridgehead atoms. The predicted octanol–water partition coefficient (Wildman–Crippen LogP) is 7.90. The summed E-state index contributed by atoms with van der Waals surface area (Å²) in [5, 5.41) is 8.53. The maximum atomic E-state index is 8.53. The Labute approximate surface area is 190 Å². The van der Waals surface area contributed by atoms with Crippen molar-refractivity contribution in [1.29, 1.82) is 5.26 Å². The van der Waals surface area contributed by atoms with Crippen LogP contribution >= 0.6 is 0 Å². The first-order valence-electron chi connectivity index (χ1n) is 12.7. The minimum absolute atomic E-state index is 0.456. The summed E-state index contributed by atoms with van der Waals surface area (Å²) in [6.07, 6.45) is 23.3. The van der Waals surface area contributed by atoms with Crippen LogP contribution in [0.4, 0.5) is 0 Å². The van der Waals surface area contributed by atoms with Crippen LogP contribution in [0.25, 0.3) is 0 Å². The number of hydrogen-bond acceptors (Lipinski definition) is 2. The molecule has 1 aromatic rings. The van der Waals surface area contributed by atoms with E-state index < -0.39 is 0 Å². The van der Waals surface area contributed by atoms with Crippen molar-refractivity contribution in [3.05, 3.63) is 59.7 Å². The van der Waals surface area contributed by atoms with Crippen molar-refractivity contribution in [2.75, 3.05) is 6.61 Å². The second kappa shape index (κ2) is 13.5. The number of aryl methyl sites for hydroxylation is 1. The van der Waals surface area contributed by atoms with Gasteiger partial charge in [-0.25, -0.2) is 0 Å². The van der Waals surface area contributed by atoms with Gasteiger partial charge in [0.05, 0.1) is 12.2 Å². The Bertz CT molecular complexity index is 710. The van der Waals surface area contributed by atoms with Crippen molar-refractivity contribution < 1.29 is 4.74 Å². The zero-order valence-corrected chi connectivity index (χ0v) is 19.5. The number of benzene rings is 1. The minimum Gasteiger partial charge on any atom is -0.378 e. The Kier molecular flexibility index (Phi) is 10.4. The molecular formula is C29H41NO. The molecule has 0 atom stereocenters. The fourth-order valence-corrected chi connectivity index (χ4v) is 5.24. The summed E-state index contributed by atoms with van der Waals surface area (Å²) < 4.78 is 6.34. The molecule has 3 rings (SSSR count). The minimum atomic E-state index is 0.456. The van der Waals surface area contributed by atoms with E-state index in [1.54, 1.807) is 5.56 Å². The van der Waals surface area contributed by atoms with Crippen LogP contribution in [0, 0.1) is 23.2 Å². The van der Waals surface area contributed by atoms with E-state index in [1.165, 1.54) is 88.7 Å². The van der Waals surface area contributed by atoms with Gasteiger partial charge in [-0.3, -0.25) is 0 Å². The lowest BCUT2D eigenvalue weighted by Crippen LogP contribution is -2.25. The summed E-state index contributed by atoms with van der Waals surface area (Å²) >= 11 is 0. The van der Waals surface area contributed by atoms with Crippen molar-refractivity contribution in [1.82, 2.24) is 0 Å². The van der Waals surface area contributed by atoms with E-state index in [0.717, 1.165) is 18.4 Å². The number of nitriles is 1. The monoisotopic (exact) mass is 419 g/mol. The summed E-state index contributed by atoms with van der Waals surface area (Å²) in [5.41, 5.74) is 3.05. The molecule has 31 heavy (non-hydrogen) atoms. The molecular weight excluding hydrogens is 378 g/mol. The number of allylic oxidation sites excluding steroid dienone is 4. The van der Waals surface area contributed by atoms with E-state index in [-0.39, 0.29) is 0 Å². The third-order valence-corrected chi connectivity index (χ3v) is 7.32. The lowest BCUT2D eigenvalue weighted by Gasteiger charge is -2.32. The lowest BCUT2D eigenvalue weighted by molar-refractivity contribution is -0.00456. The molecule has 168 valence electrons. The third kappa shape index (κ3) is 8.30. The van der Waals surface area contributed by atoms with Gasteiger partial charge in [-0.15, -0.1) is 0 Å². The van der Waals surface area contributed by atoms with Crippen LogP contribution in [0.3, 0.4) is 0 Å². The van der Waals surface area contributed by atoms with E-state index in [1.807, 2.05) is 18.2 Å². The number of ether oxygens (including phenoxy) is 1. The predicted molar refractivity (Wildman–Crippen MR) is 130 cm³/mol. The standard InChI is InChI=1S/C29H41NO/c1-2-3-5-8-24-10-16-27(17-11-24)28-18-12-26(13-19-28)23-31-29-20-14-25(15-21-29)9-6-4-7-22-30/h4,6-7,9-11,16-17,25-26,28-29H,2-3,5,8,12-15,18-21,23H2,1H3/b7-4+,9-6+/t25-,26-,28-,29-. The first-order valence-corrected chi connectivity index (χ1v) is 12.7. The van der Waals surface area contributed by atoms with Gasteiger partial charge >= 0.3 is 0 Å². The average Bonchev–Trinajstić information content (AvgIpc) is 2.82. The Morgan fingerprint density at radius 2 is 1.68 bits per heavy atom. The van der Waals surface area contributed by atoms with Crippen molar-refractivity contribution in [2.24, 2.45) is 11.8 Å². The number of nitrogens with zero attached hydrogens (tertiary/aromatic N) is 1. The van der Waals surface area contributed by atoms with E-state index in [0.29, 0.717) is 12.0 Å². The molecule has 1 aromatic carbocycles. The van der Waals surface area contributed by atoms with Gasteiger partial charge in [0.25, 0.3) is 0 Å². The highest BCUT2D eigenvalue weighted by atomic mass is 16.5. The SMILES string of the molecule is CCCCCc1ccc([C@H]2CC[C@H](CO[C@H]3CC[C@H](/C=C/C=C/C#N)CC3)CC2)cc1. The molecule has 2 fully saturated rings. The summed E-state index contributed by atoms with van der Waals surface area (Å²) in [6, 6.07) is 11.6. The molecule has 0 aliphatic heterocycles. The van der Waals surface area contributed by atoms with Crippen molar-refractivity contribution in [2.45, 2.75) is 96.0 Å². The van der Waals surface area contributed by atoms with Gasteiger partial charge in [-0.1, -0.05) is 62.3 Å². The zero-order valence-electron chi connectivity index (χ0n) is 19.5. The molecule has 0 unspecified atom stereocenters. The molecule has 2 aliphatic rings. The average molecular weight is 420 g/mol. The molecule has 0 aromatic heterocycles. The topological polar surface area (TPSA) is 33.0 Å². The van der Waals surface area contributed by atoms with Gasteiger partial charge in [0.15, 0.2) is 0 Å². The number of hydrogen-bond donors (Lipinski definition) is 0. The first-order chi connectivity index (χ1) is 15.3. The molecule has 2 saturated carbocycles. The van der Waals surface area contributed by atoms with E-state index >= 15 is 0 Å². The fraction of sp³-hybridized carbons (Fsp3) is 0.621. The van der Waals surface area contributed by atoms with E-state index in [2.05, 4.69) is 37.3 Å². The van der Waals surface area contributed by atoms with E-state index in [9.17, 15) is 0 Å². The van der Waals surface area contributed by atoms with Crippen LogP contribution in [0.15, 0.2) is 48.6 Å². The number of rotatable bonds is 10. The zero-order chi connectivity index (χ0) is 21.7. The third-order valence-electron chi connectivity index (χ3n) is 7.32. The van der Waals surface area contributed by atoms with Crippen LogP contribution in [0.2, 0.25) is 0 Å². The Morgan fingerprint density at radius 3 is 2.35 bits per heavy atom. The normalized spacial score (nSPS) is 27.0. The largest absolute Gasteiger partial charge is 0.378 e. The quantitative estimate of drug-likeness (QED) is 0.219. The highest BCUT2D eigenvalue weighted by Crippen LogP contribution is 2.37. The van der Waals surface area contributed by atoms with Gasteiger partial charge in [-0.05, 0) is 93.1 Å². The van der Waals surface area contributed by atoms with Crippen LogP contribution < -0.4 is 0 Å². The second-order valence-corrected chi connectivity index (χ2v) is 9.66. The van der Waals surface area contributed by atoms with Crippen LogP contribution in [-0.2, 0) is 11.2 Å². The number of unbranched alkanes of at least 4 members (excludes halogenated alkanes) is 2. The second-order valence-electron chi connectivity index (χ2n) is 9.66. The first kappa shape index (κ1) is 23.8.